The van der Waals surface area contributed by atoms with Crippen LogP contribution in [0.2, 0.25) is 0 Å². The molecule has 4 aliphatic carbocycles. The number of hydrogen-bond donors (Lipinski definition) is 1. The molecule has 1 N–H and O–H groups in total. The average molecular weight is 385 g/mol. The van der Waals surface area contributed by atoms with Crippen LogP contribution in [0.25, 0.3) is 0 Å². The molecule has 0 amide bonds. The third-order valence-electron chi connectivity index (χ3n) is 9.75. The average Bonchev–Trinajstić information content (AvgIpc) is 2.99. The molecule has 28 heavy (non-hydrogen) atoms. The van der Waals surface area contributed by atoms with Crippen molar-refractivity contribution in [2.45, 2.75) is 105 Å². The van der Waals surface area contributed by atoms with Gasteiger partial charge in [-0.1, -0.05) is 77.2 Å². The van der Waals surface area contributed by atoms with E-state index in [-0.39, 0.29) is 6.10 Å². The van der Waals surface area contributed by atoms with Crippen LogP contribution in [0.3, 0.4) is 0 Å². The molecule has 0 aromatic carbocycles. The highest BCUT2D eigenvalue weighted by Crippen LogP contribution is 2.66. The van der Waals surface area contributed by atoms with Crippen LogP contribution >= 0.6 is 0 Å². The molecule has 0 spiro atoms. The Labute approximate surface area is 174 Å². The SMILES string of the molecule is CC(C)CCC[C@H](C)[C@@H]1CC[C@@H]2C3=CC=C4C[C@H](O)CC[C@]4(C)[C@H]3CC[C@]21C. The zero-order valence-corrected chi connectivity index (χ0v) is 19.1. The minimum Gasteiger partial charge on any atom is -0.393 e. The molecule has 0 radical (unpaired) electrons. The lowest BCUT2D eigenvalue weighted by Crippen LogP contribution is -2.46. The molecule has 0 aliphatic heterocycles. The number of aliphatic hydroxyl groups is 1. The smallest absolute Gasteiger partial charge is 0.0578 e. The fraction of sp³-hybridized carbons (Fsp3) is 0.852. The summed E-state index contributed by atoms with van der Waals surface area (Å²) in [5.74, 6) is 4.19. The van der Waals surface area contributed by atoms with E-state index < -0.39 is 0 Å². The molecule has 0 saturated heterocycles. The van der Waals surface area contributed by atoms with Gasteiger partial charge in [0.15, 0.2) is 0 Å². The molecule has 0 heterocycles. The lowest BCUT2D eigenvalue weighted by atomic mass is 9.50. The standard InChI is InChI=1S/C27H44O/c1-18(2)7-6-8-19(3)23-11-12-24-22-10-9-20-17-21(28)13-15-26(20,4)25(22)14-16-27(23,24)5/h9-10,18-19,21,23-25,28H,6-8,11-17H2,1-5H3/t19-,21+,23-,24+,25-,26-,27-/m0/s1. The zero-order chi connectivity index (χ0) is 20.1. The molecule has 158 valence electrons. The Balaban J connectivity index is 1.53. The van der Waals surface area contributed by atoms with E-state index in [9.17, 15) is 5.11 Å². The monoisotopic (exact) mass is 384 g/mol. The summed E-state index contributed by atoms with van der Waals surface area (Å²) in [5, 5.41) is 10.2. The van der Waals surface area contributed by atoms with E-state index in [1.165, 1.54) is 51.4 Å². The molecule has 4 aliphatic rings. The maximum Gasteiger partial charge on any atom is 0.0578 e. The number of fused-ring (bicyclic) bond motifs is 5. The van der Waals surface area contributed by atoms with Crippen LogP contribution in [-0.2, 0) is 0 Å². The quantitative estimate of drug-likeness (QED) is 0.527. The second kappa shape index (κ2) is 7.60. The molecule has 4 rings (SSSR count). The normalized spacial score (nSPS) is 43.7. The Morgan fingerprint density at radius 3 is 2.50 bits per heavy atom. The van der Waals surface area contributed by atoms with Crippen LogP contribution in [0.1, 0.15) is 98.8 Å². The van der Waals surface area contributed by atoms with Crippen LogP contribution in [0, 0.1) is 40.4 Å². The molecule has 1 nitrogen and oxygen atoms in total. The first kappa shape index (κ1) is 20.7. The van der Waals surface area contributed by atoms with Crippen molar-refractivity contribution < 1.29 is 5.11 Å². The predicted octanol–water partition coefficient (Wildman–Crippen LogP) is 7.31. The predicted molar refractivity (Wildman–Crippen MR) is 119 cm³/mol. The van der Waals surface area contributed by atoms with E-state index in [2.05, 4.69) is 46.8 Å². The topological polar surface area (TPSA) is 20.2 Å². The van der Waals surface area contributed by atoms with Gasteiger partial charge in [0.25, 0.3) is 0 Å². The fourth-order valence-corrected chi connectivity index (χ4v) is 8.01. The zero-order valence-electron chi connectivity index (χ0n) is 19.1. The largest absolute Gasteiger partial charge is 0.393 e. The first-order valence-electron chi connectivity index (χ1n) is 12.3. The van der Waals surface area contributed by atoms with Gasteiger partial charge in [-0.05, 0) is 85.4 Å². The van der Waals surface area contributed by atoms with Gasteiger partial charge in [0.2, 0.25) is 0 Å². The van der Waals surface area contributed by atoms with Crippen LogP contribution in [0.5, 0.6) is 0 Å². The lowest BCUT2D eigenvalue weighted by Gasteiger charge is -2.55. The van der Waals surface area contributed by atoms with E-state index in [0.29, 0.717) is 10.8 Å². The van der Waals surface area contributed by atoms with Crippen molar-refractivity contribution in [2.75, 3.05) is 0 Å². The molecular weight excluding hydrogens is 340 g/mol. The van der Waals surface area contributed by atoms with Gasteiger partial charge in [-0.25, -0.2) is 0 Å². The summed E-state index contributed by atoms with van der Waals surface area (Å²) in [4.78, 5) is 0. The Morgan fingerprint density at radius 1 is 0.964 bits per heavy atom. The van der Waals surface area contributed by atoms with E-state index in [0.717, 1.165) is 42.4 Å². The maximum atomic E-state index is 10.2. The number of aliphatic hydroxyl groups excluding tert-OH is 1. The van der Waals surface area contributed by atoms with E-state index in [1.807, 2.05) is 0 Å². The molecular formula is C27H44O. The third-order valence-corrected chi connectivity index (χ3v) is 9.75. The first-order valence-corrected chi connectivity index (χ1v) is 12.3. The molecule has 0 bridgehead atoms. The van der Waals surface area contributed by atoms with Gasteiger partial charge in [-0.15, -0.1) is 0 Å². The van der Waals surface area contributed by atoms with E-state index in [4.69, 9.17) is 0 Å². The molecule has 0 unspecified atom stereocenters. The second-order valence-corrected chi connectivity index (χ2v) is 11.8. The molecule has 0 aromatic rings. The number of hydrogen-bond acceptors (Lipinski definition) is 1. The molecule has 1 heteroatoms. The summed E-state index contributed by atoms with van der Waals surface area (Å²) >= 11 is 0. The summed E-state index contributed by atoms with van der Waals surface area (Å²) in [7, 11) is 0. The Bertz CT molecular complexity index is 643. The minimum atomic E-state index is -0.106. The van der Waals surface area contributed by atoms with Crippen molar-refractivity contribution in [2.24, 2.45) is 40.4 Å². The van der Waals surface area contributed by atoms with Crippen molar-refractivity contribution in [3.63, 3.8) is 0 Å². The van der Waals surface area contributed by atoms with Gasteiger partial charge in [0.05, 0.1) is 6.10 Å². The van der Waals surface area contributed by atoms with Gasteiger partial charge in [-0.3, -0.25) is 0 Å². The van der Waals surface area contributed by atoms with Crippen LogP contribution in [0.15, 0.2) is 23.3 Å². The lowest BCUT2D eigenvalue weighted by molar-refractivity contribution is 0.0323. The molecule has 0 aromatic heterocycles. The number of allylic oxidation sites excluding steroid dienone is 3. The molecule has 7 atom stereocenters. The molecule has 3 fully saturated rings. The van der Waals surface area contributed by atoms with Gasteiger partial charge in [0.1, 0.15) is 0 Å². The second-order valence-electron chi connectivity index (χ2n) is 11.8. The Hall–Kier alpha value is -0.560. The van der Waals surface area contributed by atoms with Crippen molar-refractivity contribution in [1.29, 1.82) is 0 Å². The Morgan fingerprint density at radius 2 is 1.75 bits per heavy atom. The highest BCUT2D eigenvalue weighted by molar-refractivity contribution is 5.38. The summed E-state index contributed by atoms with van der Waals surface area (Å²) < 4.78 is 0. The molecule has 3 saturated carbocycles. The maximum absolute atomic E-state index is 10.2. The van der Waals surface area contributed by atoms with Gasteiger partial charge >= 0.3 is 0 Å². The summed E-state index contributed by atoms with van der Waals surface area (Å²) in [6.07, 6.45) is 17.8. The van der Waals surface area contributed by atoms with E-state index >= 15 is 0 Å². The van der Waals surface area contributed by atoms with Gasteiger partial charge in [-0.2, -0.15) is 0 Å². The third kappa shape index (κ3) is 3.34. The van der Waals surface area contributed by atoms with Gasteiger partial charge < -0.3 is 5.11 Å². The highest BCUT2D eigenvalue weighted by Gasteiger charge is 2.56. The van der Waals surface area contributed by atoms with Crippen molar-refractivity contribution in [3.05, 3.63) is 23.3 Å². The summed E-state index contributed by atoms with van der Waals surface area (Å²) in [5.41, 5.74) is 4.19. The summed E-state index contributed by atoms with van der Waals surface area (Å²) in [6, 6.07) is 0. The number of rotatable bonds is 5. The summed E-state index contributed by atoms with van der Waals surface area (Å²) in [6.45, 7) is 12.5. The fourth-order valence-electron chi connectivity index (χ4n) is 8.01. The minimum absolute atomic E-state index is 0.106. The van der Waals surface area contributed by atoms with Crippen molar-refractivity contribution >= 4 is 0 Å². The highest BCUT2D eigenvalue weighted by atomic mass is 16.3. The van der Waals surface area contributed by atoms with Crippen LogP contribution in [0.4, 0.5) is 0 Å². The first-order chi connectivity index (χ1) is 13.3. The van der Waals surface area contributed by atoms with E-state index in [1.54, 1.807) is 11.1 Å². The van der Waals surface area contributed by atoms with Crippen molar-refractivity contribution in [3.8, 4) is 0 Å². The van der Waals surface area contributed by atoms with Crippen LogP contribution < -0.4 is 0 Å². The van der Waals surface area contributed by atoms with Gasteiger partial charge in [0, 0.05) is 0 Å². The Kier molecular flexibility index (Phi) is 5.62. The van der Waals surface area contributed by atoms with Crippen molar-refractivity contribution in [1.82, 2.24) is 0 Å². The van der Waals surface area contributed by atoms with Crippen LogP contribution in [-0.4, -0.2) is 11.2 Å².